The summed E-state index contributed by atoms with van der Waals surface area (Å²) in [6.45, 7) is 6.04. The highest BCUT2D eigenvalue weighted by Gasteiger charge is 2.16. The predicted octanol–water partition coefficient (Wildman–Crippen LogP) is 0.648. The largest absolute Gasteiger partial charge is 0.363 e. The lowest BCUT2D eigenvalue weighted by molar-refractivity contribution is 0.457. The minimum atomic E-state index is -0.206. The van der Waals surface area contributed by atoms with Gasteiger partial charge in [0.25, 0.3) is 0 Å². The summed E-state index contributed by atoms with van der Waals surface area (Å²) < 4.78 is 2.61. The summed E-state index contributed by atoms with van der Waals surface area (Å²) in [5.41, 5.74) is -0.206. The van der Waals surface area contributed by atoms with Gasteiger partial charge in [0.05, 0.1) is 11.4 Å². The summed E-state index contributed by atoms with van der Waals surface area (Å²) in [4.78, 5) is 11.5. The van der Waals surface area contributed by atoms with Crippen LogP contribution in [0.4, 0.5) is 0 Å². The second kappa shape index (κ2) is 3.91. The molecule has 1 rings (SSSR count). The zero-order valence-electron chi connectivity index (χ0n) is 7.94. The molecule has 2 unspecified atom stereocenters. The minimum absolute atomic E-state index is 0.130. The molecule has 1 aromatic rings. The highest BCUT2D eigenvalue weighted by molar-refractivity contribution is 6.20. The first kappa shape index (κ1) is 10.2. The van der Waals surface area contributed by atoms with Crippen LogP contribution in [0.25, 0.3) is 0 Å². The molecule has 0 spiro atoms. The molecule has 0 amide bonds. The summed E-state index contributed by atoms with van der Waals surface area (Å²) in [6.07, 6.45) is 0. The molecule has 0 bridgehead atoms. The van der Waals surface area contributed by atoms with Crippen LogP contribution >= 0.6 is 11.6 Å². The molecule has 74 valence electrons. The number of alkyl halides is 1. The van der Waals surface area contributed by atoms with Crippen LogP contribution in [0.3, 0.4) is 0 Å². The van der Waals surface area contributed by atoms with Crippen molar-refractivity contribution < 1.29 is 0 Å². The van der Waals surface area contributed by atoms with Gasteiger partial charge in [-0.15, -0.1) is 11.6 Å². The van der Waals surface area contributed by atoms with Crippen molar-refractivity contribution in [2.24, 2.45) is 0 Å². The average Bonchev–Trinajstić information content (AvgIpc) is 2.45. The maximum absolute atomic E-state index is 11.5. The van der Waals surface area contributed by atoms with E-state index in [9.17, 15) is 4.79 Å². The molecule has 1 heterocycles. The molecule has 0 radical (unpaired) electrons. The van der Waals surface area contributed by atoms with Crippen molar-refractivity contribution in [3.63, 3.8) is 0 Å². The summed E-state index contributed by atoms with van der Waals surface area (Å²) >= 11 is 5.85. The van der Waals surface area contributed by atoms with Crippen molar-refractivity contribution in [3.05, 3.63) is 10.5 Å². The fourth-order valence-electron chi connectivity index (χ4n) is 0.935. The van der Waals surface area contributed by atoms with Gasteiger partial charge < -0.3 is 0 Å². The molecule has 5 nitrogen and oxygen atoms in total. The molecule has 0 saturated carbocycles. The van der Waals surface area contributed by atoms with E-state index >= 15 is 0 Å². The van der Waals surface area contributed by atoms with E-state index in [0.29, 0.717) is 6.54 Å². The second-order valence-electron chi connectivity index (χ2n) is 2.94. The molecule has 0 aliphatic heterocycles. The Labute approximate surface area is 81.3 Å². The van der Waals surface area contributed by atoms with Crippen LogP contribution in [-0.4, -0.2) is 25.2 Å². The first-order chi connectivity index (χ1) is 6.07. The van der Waals surface area contributed by atoms with Crippen LogP contribution < -0.4 is 5.69 Å². The van der Waals surface area contributed by atoms with Gasteiger partial charge in [0, 0.05) is 6.54 Å². The van der Waals surface area contributed by atoms with Crippen LogP contribution in [0.5, 0.6) is 0 Å². The molecule has 1 aromatic heterocycles. The number of hydrogen-bond donors (Lipinski definition) is 0. The smallest absolute Gasteiger partial charge is 0.244 e. The first-order valence-corrected chi connectivity index (χ1v) is 4.68. The maximum Gasteiger partial charge on any atom is 0.363 e. The molecule has 0 N–H and O–H groups in total. The number of aromatic nitrogens is 4. The lowest BCUT2D eigenvalue weighted by Gasteiger charge is -2.10. The van der Waals surface area contributed by atoms with Gasteiger partial charge in [-0.05, 0) is 31.2 Å². The molecule has 0 saturated heterocycles. The highest BCUT2D eigenvalue weighted by Crippen LogP contribution is 2.11. The van der Waals surface area contributed by atoms with Crippen molar-refractivity contribution >= 4 is 11.6 Å². The average molecular weight is 205 g/mol. The topological polar surface area (TPSA) is 52.7 Å². The zero-order chi connectivity index (χ0) is 10.0. The Morgan fingerprint density at radius 1 is 1.46 bits per heavy atom. The quantitative estimate of drug-likeness (QED) is 0.680. The van der Waals surface area contributed by atoms with Gasteiger partial charge in [0.1, 0.15) is 0 Å². The van der Waals surface area contributed by atoms with Crippen molar-refractivity contribution in [2.45, 2.75) is 38.7 Å². The predicted molar refractivity (Wildman–Crippen MR) is 50.0 cm³/mol. The van der Waals surface area contributed by atoms with Crippen LogP contribution in [0, 0.1) is 0 Å². The monoisotopic (exact) mass is 204 g/mol. The third-order valence-electron chi connectivity index (χ3n) is 2.01. The summed E-state index contributed by atoms with van der Waals surface area (Å²) in [6, 6.07) is -0.130. The summed E-state index contributed by atoms with van der Waals surface area (Å²) in [5.74, 6) is 0. The van der Waals surface area contributed by atoms with E-state index < -0.39 is 0 Å². The Morgan fingerprint density at radius 3 is 2.46 bits per heavy atom. The van der Waals surface area contributed by atoms with Gasteiger partial charge in [0.2, 0.25) is 0 Å². The number of nitrogens with zero attached hydrogens (tertiary/aromatic N) is 4. The number of tetrazole rings is 1. The first-order valence-electron chi connectivity index (χ1n) is 4.24. The third-order valence-corrected chi connectivity index (χ3v) is 2.38. The molecule has 6 heteroatoms. The SMILES string of the molecule is CCn1nnn(C(C)C(C)Cl)c1=O. The van der Waals surface area contributed by atoms with Crippen molar-refractivity contribution in [2.75, 3.05) is 0 Å². The van der Waals surface area contributed by atoms with Crippen LogP contribution in [0.2, 0.25) is 0 Å². The molecule has 0 fully saturated rings. The fourth-order valence-corrected chi connectivity index (χ4v) is 1.04. The molecule has 0 aliphatic rings. The van der Waals surface area contributed by atoms with Crippen molar-refractivity contribution in [3.8, 4) is 0 Å². The van der Waals surface area contributed by atoms with Crippen molar-refractivity contribution in [1.82, 2.24) is 19.8 Å². The molecule has 0 aliphatic carbocycles. The second-order valence-corrected chi connectivity index (χ2v) is 3.63. The van der Waals surface area contributed by atoms with Gasteiger partial charge in [-0.2, -0.15) is 9.36 Å². The molecular weight excluding hydrogens is 192 g/mol. The van der Waals surface area contributed by atoms with Gasteiger partial charge in [-0.3, -0.25) is 0 Å². The Balaban J connectivity index is 3.03. The van der Waals surface area contributed by atoms with E-state index in [4.69, 9.17) is 11.6 Å². The zero-order valence-corrected chi connectivity index (χ0v) is 8.69. The van der Waals surface area contributed by atoms with E-state index in [1.54, 1.807) is 0 Å². The van der Waals surface area contributed by atoms with E-state index in [2.05, 4.69) is 10.4 Å². The van der Waals surface area contributed by atoms with Gasteiger partial charge >= 0.3 is 5.69 Å². The Kier molecular flexibility index (Phi) is 3.08. The Hall–Kier alpha value is -0.840. The number of hydrogen-bond acceptors (Lipinski definition) is 3. The van der Waals surface area contributed by atoms with E-state index in [0.717, 1.165) is 0 Å². The normalized spacial score (nSPS) is 15.7. The maximum atomic E-state index is 11.5. The van der Waals surface area contributed by atoms with Crippen LogP contribution in [0.15, 0.2) is 4.79 Å². The number of aryl methyl sites for hydroxylation is 1. The molecular formula is C7H13ClN4O. The number of rotatable bonds is 3. The Morgan fingerprint density at radius 2 is 2.08 bits per heavy atom. The highest BCUT2D eigenvalue weighted by atomic mass is 35.5. The van der Waals surface area contributed by atoms with Crippen LogP contribution in [-0.2, 0) is 6.54 Å². The van der Waals surface area contributed by atoms with Crippen LogP contribution in [0.1, 0.15) is 26.8 Å². The molecule has 13 heavy (non-hydrogen) atoms. The summed E-state index contributed by atoms with van der Waals surface area (Å²) in [5, 5.41) is 7.30. The number of halogens is 1. The molecule has 0 aromatic carbocycles. The van der Waals surface area contributed by atoms with E-state index in [-0.39, 0.29) is 17.1 Å². The van der Waals surface area contributed by atoms with Crippen molar-refractivity contribution in [1.29, 1.82) is 0 Å². The minimum Gasteiger partial charge on any atom is -0.244 e. The van der Waals surface area contributed by atoms with Gasteiger partial charge in [-0.25, -0.2) is 4.79 Å². The van der Waals surface area contributed by atoms with E-state index in [1.165, 1.54) is 9.36 Å². The molecule has 2 atom stereocenters. The summed E-state index contributed by atoms with van der Waals surface area (Å²) in [7, 11) is 0. The van der Waals surface area contributed by atoms with Gasteiger partial charge in [-0.1, -0.05) is 0 Å². The lowest BCUT2D eigenvalue weighted by Crippen LogP contribution is -2.30. The standard InChI is InChI=1S/C7H13ClN4O/c1-4-11-7(13)12(10-9-11)6(3)5(2)8/h5-6H,4H2,1-3H3. The third kappa shape index (κ3) is 1.91. The van der Waals surface area contributed by atoms with Gasteiger partial charge in [0.15, 0.2) is 0 Å². The Bertz CT molecular complexity index is 329. The lowest BCUT2D eigenvalue weighted by atomic mass is 10.3. The fraction of sp³-hybridized carbons (Fsp3) is 0.857. The van der Waals surface area contributed by atoms with E-state index in [1.807, 2.05) is 20.8 Å².